The third kappa shape index (κ3) is 5.33. The number of rotatable bonds is 7. The van der Waals surface area contributed by atoms with E-state index in [2.05, 4.69) is 18.8 Å². The van der Waals surface area contributed by atoms with E-state index in [0.717, 1.165) is 18.1 Å². The van der Waals surface area contributed by atoms with Crippen LogP contribution in [0.3, 0.4) is 0 Å². The number of pyridine rings is 1. The summed E-state index contributed by atoms with van der Waals surface area (Å²) in [7, 11) is 0. The summed E-state index contributed by atoms with van der Waals surface area (Å²) in [6.45, 7) is 6.18. The van der Waals surface area contributed by atoms with Crippen molar-refractivity contribution in [3.05, 3.63) is 24.0 Å². The highest BCUT2D eigenvalue weighted by atomic mass is 35.5. The molecule has 0 radical (unpaired) electrons. The molecule has 0 saturated carbocycles. The Morgan fingerprint density at radius 3 is 2.88 bits per heavy atom. The zero-order chi connectivity index (χ0) is 11.8. The number of ether oxygens (including phenoxy) is 2. The highest BCUT2D eigenvalue weighted by molar-refractivity contribution is 6.16. The maximum Gasteiger partial charge on any atom is 0.122 e. The van der Waals surface area contributed by atoms with Crippen molar-refractivity contribution in [3.63, 3.8) is 0 Å². The second-order valence-electron chi connectivity index (χ2n) is 3.93. The minimum absolute atomic E-state index is 0.404. The Kier molecular flexibility index (Phi) is 6.19. The molecule has 0 bridgehead atoms. The third-order valence-corrected chi connectivity index (χ3v) is 2.15. The number of halogens is 1. The van der Waals surface area contributed by atoms with Crippen LogP contribution in [0.1, 0.15) is 19.5 Å². The standard InChI is InChI=1S/C12H18ClNO2/c1-10(2)9-15-5-6-16-12-3-4-14-11(7-12)8-13/h3-4,7,10H,5-6,8-9H2,1-2H3. The maximum atomic E-state index is 5.67. The average molecular weight is 244 g/mol. The molecule has 3 nitrogen and oxygen atoms in total. The predicted octanol–water partition coefficient (Wildman–Crippen LogP) is 2.87. The molecule has 0 fully saturated rings. The molecule has 0 aromatic carbocycles. The first-order chi connectivity index (χ1) is 7.72. The lowest BCUT2D eigenvalue weighted by atomic mass is 10.2. The van der Waals surface area contributed by atoms with Gasteiger partial charge in [0.1, 0.15) is 12.4 Å². The van der Waals surface area contributed by atoms with Crippen LogP contribution in [0.25, 0.3) is 0 Å². The Hall–Kier alpha value is -0.800. The molecule has 0 N–H and O–H groups in total. The maximum absolute atomic E-state index is 5.67. The largest absolute Gasteiger partial charge is 0.491 e. The molecule has 0 aliphatic heterocycles. The number of aromatic nitrogens is 1. The summed E-state index contributed by atoms with van der Waals surface area (Å²) < 4.78 is 10.9. The van der Waals surface area contributed by atoms with Crippen molar-refractivity contribution < 1.29 is 9.47 Å². The summed E-state index contributed by atoms with van der Waals surface area (Å²) >= 11 is 5.67. The quantitative estimate of drug-likeness (QED) is 0.545. The Bertz CT molecular complexity index is 305. The molecule has 0 aliphatic carbocycles. The Morgan fingerprint density at radius 2 is 2.19 bits per heavy atom. The van der Waals surface area contributed by atoms with Crippen LogP contribution >= 0.6 is 11.6 Å². The van der Waals surface area contributed by atoms with Crippen molar-refractivity contribution in [3.8, 4) is 5.75 Å². The lowest BCUT2D eigenvalue weighted by molar-refractivity contribution is 0.0818. The Balaban J connectivity index is 2.21. The van der Waals surface area contributed by atoms with Crippen LogP contribution in [-0.4, -0.2) is 24.8 Å². The van der Waals surface area contributed by atoms with Crippen LogP contribution in [0.4, 0.5) is 0 Å². The van der Waals surface area contributed by atoms with Crippen LogP contribution < -0.4 is 4.74 Å². The summed E-state index contributed by atoms with van der Waals surface area (Å²) in [6, 6.07) is 3.66. The normalized spacial score (nSPS) is 10.8. The molecule has 0 atom stereocenters. The summed E-state index contributed by atoms with van der Waals surface area (Å²) in [4.78, 5) is 4.08. The Morgan fingerprint density at radius 1 is 1.38 bits per heavy atom. The van der Waals surface area contributed by atoms with Gasteiger partial charge in [0.2, 0.25) is 0 Å². The monoisotopic (exact) mass is 243 g/mol. The zero-order valence-corrected chi connectivity index (χ0v) is 10.5. The van der Waals surface area contributed by atoms with E-state index in [1.807, 2.05) is 12.1 Å². The molecule has 0 saturated heterocycles. The molecule has 0 amide bonds. The minimum Gasteiger partial charge on any atom is -0.491 e. The SMILES string of the molecule is CC(C)COCCOc1ccnc(CCl)c1. The summed E-state index contributed by atoms with van der Waals surface area (Å²) in [5, 5.41) is 0. The van der Waals surface area contributed by atoms with E-state index >= 15 is 0 Å². The van der Waals surface area contributed by atoms with Crippen molar-refractivity contribution in [1.82, 2.24) is 4.98 Å². The number of alkyl halides is 1. The molecule has 0 unspecified atom stereocenters. The fourth-order valence-electron chi connectivity index (χ4n) is 1.16. The first-order valence-electron chi connectivity index (χ1n) is 5.44. The van der Waals surface area contributed by atoms with Gasteiger partial charge in [0.05, 0.1) is 18.2 Å². The predicted molar refractivity (Wildman–Crippen MR) is 64.9 cm³/mol. The van der Waals surface area contributed by atoms with Crippen LogP contribution in [0.5, 0.6) is 5.75 Å². The van der Waals surface area contributed by atoms with E-state index < -0.39 is 0 Å². The van der Waals surface area contributed by atoms with E-state index in [0.29, 0.717) is 25.0 Å². The van der Waals surface area contributed by atoms with Gasteiger partial charge >= 0.3 is 0 Å². The molecule has 16 heavy (non-hydrogen) atoms. The lowest BCUT2D eigenvalue weighted by Crippen LogP contribution is -2.10. The summed E-state index contributed by atoms with van der Waals surface area (Å²) in [5.41, 5.74) is 0.822. The first kappa shape index (κ1) is 13.3. The van der Waals surface area contributed by atoms with Gasteiger partial charge in [0.25, 0.3) is 0 Å². The second-order valence-corrected chi connectivity index (χ2v) is 4.20. The highest BCUT2D eigenvalue weighted by Gasteiger charge is 1.98. The zero-order valence-electron chi connectivity index (χ0n) is 9.78. The summed E-state index contributed by atoms with van der Waals surface area (Å²) in [5.74, 6) is 1.75. The van der Waals surface area contributed by atoms with E-state index in [-0.39, 0.29) is 0 Å². The molecule has 1 rings (SSSR count). The van der Waals surface area contributed by atoms with Gasteiger partial charge in [-0.05, 0) is 12.0 Å². The van der Waals surface area contributed by atoms with Gasteiger partial charge in [-0.1, -0.05) is 13.8 Å². The molecule has 1 aromatic heterocycles. The molecular formula is C12H18ClNO2. The fourth-order valence-corrected chi connectivity index (χ4v) is 1.30. The highest BCUT2D eigenvalue weighted by Crippen LogP contribution is 2.12. The van der Waals surface area contributed by atoms with Crippen molar-refractivity contribution in [2.45, 2.75) is 19.7 Å². The molecular weight excluding hydrogens is 226 g/mol. The van der Waals surface area contributed by atoms with Gasteiger partial charge in [-0.2, -0.15) is 0 Å². The molecule has 0 spiro atoms. The van der Waals surface area contributed by atoms with Crippen LogP contribution in [0.2, 0.25) is 0 Å². The summed E-state index contributed by atoms with van der Waals surface area (Å²) in [6.07, 6.45) is 1.70. The van der Waals surface area contributed by atoms with Crippen molar-refractivity contribution in [1.29, 1.82) is 0 Å². The van der Waals surface area contributed by atoms with Crippen LogP contribution in [-0.2, 0) is 10.6 Å². The van der Waals surface area contributed by atoms with E-state index in [1.54, 1.807) is 6.20 Å². The molecule has 4 heteroatoms. The third-order valence-electron chi connectivity index (χ3n) is 1.87. The lowest BCUT2D eigenvalue weighted by Gasteiger charge is -2.08. The van der Waals surface area contributed by atoms with Crippen molar-refractivity contribution in [2.75, 3.05) is 19.8 Å². The van der Waals surface area contributed by atoms with Crippen LogP contribution in [0.15, 0.2) is 18.3 Å². The van der Waals surface area contributed by atoms with Gasteiger partial charge < -0.3 is 9.47 Å². The molecule has 0 aliphatic rings. The van der Waals surface area contributed by atoms with Crippen molar-refractivity contribution >= 4 is 11.6 Å². The van der Waals surface area contributed by atoms with Gasteiger partial charge in [0, 0.05) is 18.9 Å². The number of hydrogen-bond donors (Lipinski definition) is 0. The Labute approximate surface area is 102 Å². The topological polar surface area (TPSA) is 31.4 Å². The van der Waals surface area contributed by atoms with Gasteiger partial charge in [-0.15, -0.1) is 11.6 Å². The number of nitrogens with zero attached hydrogens (tertiary/aromatic N) is 1. The van der Waals surface area contributed by atoms with Gasteiger partial charge in [0.15, 0.2) is 0 Å². The fraction of sp³-hybridized carbons (Fsp3) is 0.583. The van der Waals surface area contributed by atoms with E-state index in [4.69, 9.17) is 21.1 Å². The second kappa shape index (κ2) is 7.47. The van der Waals surface area contributed by atoms with Crippen LogP contribution in [0, 0.1) is 5.92 Å². The van der Waals surface area contributed by atoms with Crippen molar-refractivity contribution in [2.24, 2.45) is 5.92 Å². The van der Waals surface area contributed by atoms with Gasteiger partial charge in [-0.25, -0.2) is 0 Å². The first-order valence-corrected chi connectivity index (χ1v) is 5.97. The van der Waals surface area contributed by atoms with E-state index in [9.17, 15) is 0 Å². The number of hydrogen-bond acceptors (Lipinski definition) is 3. The average Bonchev–Trinajstić information content (AvgIpc) is 2.28. The molecule has 1 aromatic rings. The smallest absolute Gasteiger partial charge is 0.122 e. The van der Waals surface area contributed by atoms with E-state index in [1.165, 1.54) is 0 Å². The van der Waals surface area contributed by atoms with Gasteiger partial charge in [-0.3, -0.25) is 4.98 Å². The minimum atomic E-state index is 0.404. The molecule has 1 heterocycles. The molecule has 90 valence electrons.